The van der Waals surface area contributed by atoms with Crippen LogP contribution in [0.4, 0.5) is 10.5 Å². The molecule has 0 saturated heterocycles. The number of anilines is 1. The van der Waals surface area contributed by atoms with Crippen LogP contribution in [0, 0.1) is 0 Å². The molecule has 0 atom stereocenters. The van der Waals surface area contributed by atoms with E-state index >= 15 is 0 Å². The standard InChI is InChI=1S/C9H8N4O4/c14-8(15)4-10-9(16)11-5-1-2-6-7(3-5)13-17-12-6/h1-3H,4H2,(H,14,15)(H2,10,11,16). The Hall–Kier alpha value is -2.64. The first-order valence-corrected chi connectivity index (χ1v) is 4.64. The van der Waals surface area contributed by atoms with Gasteiger partial charge in [0, 0.05) is 5.69 Å². The average molecular weight is 236 g/mol. The molecule has 1 heterocycles. The zero-order chi connectivity index (χ0) is 12.3. The number of carbonyl (C=O) groups is 2. The third-order valence-corrected chi connectivity index (χ3v) is 1.91. The second-order valence-electron chi connectivity index (χ2n) is 3.17. The average Bonchev–Trinajstić information content (AvgIpc) is 2.73. The fraction of sp³-hybridized carbons (Fsp3) is 0.111. The minimum atomic E-state index is -1.11. The smallest absolute Gasteiger partial charge is 0.323 e. The van der Waals surface area contributed by atoms with Gasteiger partial charge < -0.3 is 15.7 Å². The van der Waals surface area contributed by atoms with Crippen LogP contribution in [0.15, 0.2) is 22.8 Å². The molecule has 2 rings (SSSR count). The van der Waals surface area contributed by atoms with Gasteiger partial charge >= 0.3 is 12.0 Å². The van der Waals surface area contributed by atoms with Crippen LogP contribution >= 0.6 is 0 Å². The van der Waals surface area contributed by atoms with Crippen molar-refractivity contribution in [2.45, 2.75) is 0 Å². The number of aromatic nitrogens is 2. The molecule has 8 nitrogen and oxygen atoms in total. The van der Waals surface area contributed by atoms with E-state index in [0.29, 0.717) is 16.7 Å². The van der Waals surface area contributed by atoms with Gasteiger partial charge in [-0.05, 0) is 28.5 Å². The van der Waals surface area contributed by atoms with Gasteiger partial charge in [-0.3, -0.25) is 4.79 Å². The number of carbonyl (C=O) groups excluding carboxylic acids is 1. The Morgan fingerprint density at radius 1 is 1.29 bits per heavy atom. The van der Waals surface area contributed by atoms with E-state index in [2.05, 4.69) is 25.6 Å². The van der Waals surface area contributed by atoms with Crippen molar-refractivity contribution in [2.75, 3.05) is 11.9 Å². The number of nitrogens with one attached hydrogen (secondary N) is 2. The number of hydrogen-bond donors (Lipinski definition) is 3. The van der Waals surface area contributed by atoms with Gasteiger partial charge in [-0.25, -0.2) is 9.42 Å². The number of carboxylic acids is 1. The van der Waals surface area contributed by atoms with Crippen LogP contribution < -0.4 is 10.6 Å². The first-order valence-electron chi connectivity index (χ1n) is 4.64. The predicted molar refractivity (Wildman–Crippen MR) is 56.5 cm³/mol. The molecule has 0 aliphatic heterocycles. The topological polar surface area (TPSA) is 117 Å². The minimum Gasteiger partial charge on any atom is -0.480 e. The molecule has 0 aliphatic carbocycles. The van der Waals surface area contributed by atoms with Gasteiger partial charge in [0.05, 0.1) is 0 Å². The summed E-state index contributed by atoms with van der Waals surface area (Å²) < 4.78 is 4.50. The summed E-state index contributed by atoms with van der Waals surface area (Å²) in [7, 11) is 0. The van der Waals surface area contributed by atoms with Crippen molar-refractivity contribution in [1.29, 1.82) is 0 Å². The maximum Gasteiger partial charge on any atom is 0.323 e. The van der Waals surface area contributed by atoms with Crippen LogP contribution in [-0.4, -0.2) is 34.0 Å². The minimum absolute atomic E-state index is 0.445. The summed E-state index contributed by atoms with van der Waals surface area (Å²) in [5, 5.41) is 20.2. The monoisotopic (exact) mass is 236 g/mol. The van der Waals surface area contributed by atoms with Gasteiger partial charge in [-0.2, -0.15) is 0 Å². The number of fused-ring (bicyclic) bond motifs is 1. The molecule has 0 bridgehead atoms. The lowest BCUT2D eigenvalue weighted by Crippen LogP contribution is -2.33. The van der Waals surface area contributed by atoms with E-state index < -0.39 is 18.5 Å². The van der Waals surface area contributed by atoms with Crippen LogP contribution in [0.2, 0.25) is 0 Å². The predicted octanol–water partition coefficient (Wildman–Crippen LogP) is 0.429. The van der Waals surface area contributed by atoms with Crippen molar-refractivity contribution in [1.82, 2.24) is 15.6 Å². The lowest BCUT2D eigenvalue weighted by atomic mass is 10.3. The first-order chi connectivity index (χ1) is 8.15. The van der Waals surface area contributed by atoms with E-state index in [1.165, 1.54) is 0 Å². The molecular formula is C9H8N4O4. The third kappa shape index (κ3) is 2.68. The summed E-state index contributed by atoms with van der Waals surface area (Å²) in [6.07, 6.45) is 0. The Bertz CT molecular complexity index is 565. The fourth-order valence-electron chi connectivity index (χ4n) is 1.19. The number of carboxylic acid groups (broad SMARTS) is 1. The highest BCUT2D eigenvalue weighted by Gasteiger charge is 2.06. The Kier molecular flexibility index (Phi) is 2.86. The van der Waals surface area contributed by atoms with Gasteiger partial charge in [0.15, 0.2) is 0 Å². The van der Waals surface area contributed by atoms with Gasteiger partial charge in [0.25, 0.3) is 0 Å². The van der Waals surface area contributed by atoms with Crippen LogP contribution in [-0.2, 0) is 4.79 Å². The summed E-state index contributed by atoms with van der Waals surface area (Å²) in [6.45, 7) is -0.445. The van der Waals surface area contributed by atoms with Crippen LogP contribution in [0.3, 0.4) is 0 Å². The number of urea groups is 1. The fourth-order valence-corrected chi connectivity index (χ4v) is 1.19. The second-order valence-corrected chi connectivity index (χ2v) is 3.17. The third-order valence-electron chi connectivity index (χ3n) is 1.91. The highest BCUT2D eigenvalue weighted by molar-refractivity contribution is 5.93. The molecule has 8 heteroatoms. The van der Waals surface area contributed by atoms with E-state index in [9.17, 15) is 9.59 Å². The van der Waals surface area contributed by atoms with Crippen molar-refractivity contribution >= 4 is 28.7 Å². The van der Waals surface area contributed by atoms with Crippen molar-refractivity contribution in [2.24, 2.45) is 0 Å². The maximum absolute atomic E-state index is 11.2. The quantitative estimate of drug-likeness (QED) is 0.711. The summed E-state index contributed by atoms with van der Waals surface area (Å²) in [5.74, 6) is -1.11. The molecule has 0 spiro atoms. The number of aliphatic carboxylic acids is 1. The largest absolute Gasteiger partial charge is 0.480 e. The van der Waals surface area contributed by atoms with Crippen LogP contribution in [0.1, 0.15) is 0 Å². The van der Waals surface area contributed by atoms with Crippen molar-refractivity contribution in [3.8, 4) is 0 Å². The number of benzene rings is 1. The first kappa shape index (κ1) is 10.9. The summed E-state index contributed by atoms with van der Waals surface area (Å²) in [6, 6.07) is 4.18. The van der Waals surface area contributed by atoms with Crippen molar-refractivity contribution < 1.29 is 19.3 Å². The molecule has 1 aromatic heterocycles. The Balaban J connectivity index is 2.02. The van der Waals surface area contributed by atoms with Crippen molar-refractivity contribution in [3.63, 3.8) is 0 Å². The molecule has 0 saturated carbocycles. The van der Waals surface area contributed by atoms with Gasteiger partial charge in [-0.15, -0.1) is 0 Å². The number of nitrogens with zero attached hydrogens (tertiary/aromatic N) is 2. The number of hydrogen-bond acceptors (Lipinski definition) is 5. The van der Waals surface area contributed by atoms with E-state index in [1.807, 2.05) is 0 Å². The molecule has 0 unspecified atom stereocenters. The molecule has 3 N–H and O–H groups in total. The Morgan fingerprint density at radius 3 is 2.82 bits per heavy atom. The molecule has 2 aromatic rings. The van der Waals surface area contributed by atoms with Gasteiger partial charge in [-0.1, -0.05) is 0 Å². The molecule has 0 aliphatic rings. The van der Waals surface area contributed by atoms with Gasteiger partial charge in [0.1, 0.15) is 17.6 Å². The summed E-state index contributed by atoms with van der Waals surface area (Å²) in [4.78, 5) is 21.5. The molecule has 0 radical (unpaired) electrons. The summed E-state index contributed by atoms with van der Waals surface area (Å²) >= 11 is 0. The normalized spacial score (nSPS) is 10.1. The van der Waals surface area contributed by atoms with Gasteiger partial charge in [0.2, 0.25) is 0 Å². The van der Waals surface area contributed by atoms with E-state index in [4.69, 9.17) is 5.11 Å². The molecule has 2 amide bonds. The Labute approximate surface area is 94.6 Å². The molecule has 17 heavy (non-hydrogen) atoms. The highest BCUT2D eigenvalue weighted by atomic mass is 16.6. The zero-order valence-corrected chi connectivity index (χ0v) is 8.51. The lowest BCUT2D eigenvalue weighted by molar-refractivity contribution is -0.135. The molecular weight excluding hydrogens is 228 g/mol. The Morgan fingerprint density at radius 2 is 2.06 bits per heavy atom. The number of amides is 2. The highest BCUT2D eigenvalue weighted by Crippen LogP contribution is 2.15. The van der Waals surface area contributed by atoms with E-state index in [0.717, 1.165) is 0 Å². The number of rotatable bonds is 3. The van der Waals surface area contributed by atoms with Crippen LogP contribution in [0.5, 0.6) is 0 Å². The zero-order valence-electron chi connectivity index (χ0n) is 8.51. The molecule has 1 aromatic carbocycles. The molecule has 0 fully saturated rings. The van der Waals surface area contributed by atoms with E-state index in [1.54, 1.807) is 18.2 Å². The summed E-state index contributed by atoms with van der Waals surface area (Å²) in [5.41, 5.74) is 1.54. The van der Waals surface area contributed by atoms with Crippen molar-refractivity contribution in [3.05, 3.63) is 18.2 Å². The maximum atomic E-state index is 11.2. The van der Waals surface area contributed by atoms with E-state index in [-0.39, 0.29) is 0 Å². The lowest BCUT2D eigenvalue weighted by Gasteiger charge is -2.04. The SMILES string of the molecule is O=C(O)CNC(=O)Nc1ccc2nonc2c1. The second kappa shape index (κ2) is 4.47. The molecule has 88 valence electrons. The van der Waals surface area contributed by atoms with Crippen LogP contribution in [0.25, 0.3) is 11.0 Å².